The van der Waals surface area contributed by atoms with Gasteiger partial charge in [0.2, 0.25) is 5.91 Å². The van der Waals surface area contributed by atoms with Gasteiger partial charge in [0.15, 0.2) is 0 Å². The smallest absolute Gasteiger partial charge is 0.225 e. The zero-order chi connectivity index (χ0) is 16.5. The Morgan fingerprint density at radius 2 is 1.92 bits per heavy atom. The van der Waals surface area contributed by atoms with Crippen molar-refractivity contribution in [3.8, 4) is 0 Å². The predicted octanol–water partition coefficient (Wildman–Crippen LogP) is 3.33. The Morgan fingerprint density at radius 3 is 2.62 bits per heavy atom. The van der Waals surface area contributed by atoms with E-state index in [2.05, 4.69) is 21.8 Å². The molecule has 2 bridgehead atoms. The summed E-state index contributed by atoms with van der Waals surface area (Å²) in [6, 6.07) is 3.40. The fraction of sp³-hybridized carbons (Fsp3) is 0.789. The van der Waals surface area contributed by atoms with Crippen molar-refractivity contribution in [1.29, 1.82) is 0 Å². The number of aryl methyl sites for hydroxylation is 1. The normalized spacial score (nSPS) is 30.5. The summed E-state index contributed by atoms with van der Waals surface area (Å²) in [5, 5.41) is 11.4. The van der Waals surface area contributed by atoms with E-state index in [4.69, 9.17) is 0 Å². The molecular formula is C19H30N4O. The summed E-state index contributed by atoms with van der Waals surface area (Å²) >= 11 is 0. The van der Waals surface area contributed by atoms with Gasteiger partial charge in [-0.1, -0.05) is 19.3 Å². The molecule has 5 heteroatoms. The number of rotatable bonds is 4. The van der Waals surface area contributed by atoms with Gasteiger partial charge in [-0.05, 0) is 44.4 Å². The van der Waals surface area contributed by atoms with Crippen LogP contribution in [0.4, 0.5) is 5.82 Å². The number of amides is 1. The van der Waals surface area contributed by atoms with Crippen molar-refractivity contribution in [3.05, 3.63) is 11.8 Å². The maximum Gasteiger partial charge on any atom is 0.225 e. The molecule has 24 heavy (non-hydrogen) atoms. The lowest BCUT2D eigenvalue weighted by atomic mass is 9.87. The van der Waals surface area contributed by atoms with Gasteiger partial charge in [-0.2, -0.15) is 5.10 Å². The SMILES string of the molecule is Cn1nc(C2CCCCC2)cc1NC(=O)CC1CC2CCC(C1)N2. The Bertz CT molecular complexity index is 578. The molecule has 1 amide bonds. The minimum Gasteiger partial charge on any atom is -0.311 e. The molecule has 4 rings (SSSR count). The Hall–Kier alpha value is -1.36. The number of carbonyl (C=O) groups is 1. The van der Waals surface area contributed by atoms with Gasteiger partial charge in [0.05, 0.1) is 5.69 Å². The Kier molecular flexibility index (Phi) is 4.61. The maximum atomic E-state index is 12.5. The molecule has 2 N–H and O–H groups in total. The highest BCUT2D eigenvalue weighted by Crippen LogP contribution is 2.34. The number of fused-ring (bicyclic) bond motifs is 2. The first-order chi connectivity index (χ1) is 11.7. The number of carbonyl (C=O) groups excluding carboxylic acids is 1. The topological polar surface area (TPSA) is 59.0 Å². The van der Waals surface area contributed by atoms with Crippen molar-refractivity contribution in [2.45, 2.75) is 82.2 Å². The summed E-state index contributed by atoms with van der Waals surface area (Å²) < 4.78 is 1.84. The molecule has 2 saturated heterocycles. The van der Waals surface area contributed by atoms with E-state index in [1.165, 1.54) is 44.9 Å². The van der Waals surface area contributed by atoms with Crippen LogP contribution in [-0.2, 0) is 11.8 Å². The van der Waals surface area contributed by atoms with Crippen LogP contribution in [0.25, 0.3) is 0 Å². The zero-order valence-corrected chi connectivity index (χ0v) is 14.8. The molecule has 0 spiro atoms. The van der Waals surface area contributed by atoms with Crippen molar-refractivity contribution in [2.24, 2.45) is 13.0 Å². The molecule has 2 atom stereocenters. The van der Waals surface area contributed by atoms with Gasteiger partial charge in [-0.15, -0.1) is 0 Å². The Balaban J connectivity index is 1.34. The molecule has 3 aliphatic rings. The highest BCUT2D eigenvalue weighted by Gasteiger charge is 2.34. The lowest BCUT2D eigenvalue weighted by molar-refractivity contribution is -0.117. The molecular weight excluding hydrogens is 300 g/mol. The van der Waals surface area contributed by atoms with E-state index in [1.54, 1.807) is 0 Å². The number of nitrogens with one attached hydrogen (secondary N) is 2. The number of piperidine rings is 1. The lowest BCUT2D eigenvalue weighted by Gasteiger charge is -2.28. The molecule has 1 aliphatic carbocycles. The highest BCUT2D eigenvalue weighted by atomic mass is 16.1. The lowest BCUT2D eigenvalue weighted by Crippen LogP contribution is -2.39. The largest absolute Gasteiger partial charge is 0.311 e. The summed E-state index contributed by atoms with van der Waals surface area (Å²) in [4.78, 5) is 12.5. The quantitative estimate of drug-likeness (QED) is 0.890. The first-order valence-corrected chi connectivity index (χ1v) is 9.77. The third-order valence-electron chi connectivity index (χ3n) is 6.23. The standard InChI is InChI=1S/C19H30N4O/c1-23-18(12-17(22-23)14-5-3-2-4-6-14)21-19(24)11-13-9-15-7-8-16(10-13)20-15/h12-16,20H,2-11H2,1H3,(H,21,24). The van der Waals surface area contributed by atoms with Gasteiger partial charge in [-0.3, -0.25) is 9.48 Å². The molecule has 3 heterocycles. The van der Waals surface area contributed by atoms with E-state index in [0.29, 0.717) is 30.3 Å². The highest BCUT2D eigenvalue weighted by molar-refractivity contribution is 5.90. The molecule has 0 radical (unpaired) electrons. The van der Waals surface area contributed by atoms with Crippen LogP contribution >= 0.6 is 0 Å². The molecule has 3 fully saturated rings. The number of nitrogens with zero attached hydrogens (tertiary/aromatic N) is 2. The minimum absolute atomic E-state index is 0.152. The van der Waals surface area contributed by atoms with Crippen LogP contribution in [0.5, 0.6) is 0 Å². The van der Waals surface area contributed by atoms with Crippen LogP contribution in [0.1, 0.15) is 75.8 Å². The zero-order valence-electron chi connectivity index (χ0n) is 14.8. The molecule has 132 valence electrons. The average molecular weight is 330 g/mol. The first-order valence-electron chi connectivity index (χ1n) is 9.77. The molecule has 1 aromatic rings. The number of anilines is 1. The summed E-state index contributed by atoms with van der Waals surface area (Å²) in [5.74, 6) is 2.13. The van der Waals surface area contributed by atoms with Gasteiger partial charge >= 0.3 is 0 Å². The van der Waals surface area contributed by atoms with Crippen molar-refractivity contribution in [3.63, 3.8) is 0 Å². The van der Waals surface area contributed by atoms with Crippen LogP contribution < -0.4 is 10.6 Å². The van der Waals surface area contributed by atoms with Crippen LogP contribution in [0.2, 0.25) is 0 Å². The summed E-state index contributed by atoms with van der Waals surface area (Å²) in [6.07, 6.45) is 12.0. The third-order valence-corrected chi connectivity index (χ3v) is 6.23. The van der Waals surface area contributed by atoms with Crippen LogP contribution in [0.3, 0.4) is 0 Å². The van der Waals surface area contributed by atoms with Crippen molar-refractivity contribution >= 4 is 11.7 Å². The molecule has 1 aromatic heterocycles. The Labute approximate surface area is 144 Å². The monoisotopic (exact) mass is 330 g/mol. The Morgan fingerprint density at radius 1 is 1.21 bits per heavy atom. The fourth-order valence-electron chi connectivity index (χ4n) is 5.00. The first kappa shape index (κ1) is 16.1. The van der Waals surface area contributed by atoms with Gasteiger partial charge < -0.3 is 10.6 Å². The molecule has 1 saturated carbocycles. The third kappa shape index (κ3) is 3.51. The average Bonchev–Trinajstić information content (AvgIpc) is 3.11. The van der Waals surface area contributed by atoms with E-state index in [9.17, 15) is 4.79 Å². The van der Waals surface area contributed by atoms with Gasteiger partial charge in [0, 0.05) is 37.5 Å². The van der Waals surface area contributed by atoms with Gasteiger partial charge in [0.25, 0.3) is 0 Å². The van der Waals surface area contributed by atoms with Crippen LogP contribution in [-0.4, -0.2) is 27.8 Å². The van der Waals surface area contributed by atoms with E-state index >= 15 is 0 Å². The molecule has 2 unspecified atom stereocenters. The second kappa shape index (κ2) is 6.87. The van der Waals surface area contributed by atoms with Gasteiger partial charge in [0.1, 0.15) is 5.82 Å². The minimum atomic E-state index is 0.152. The summed E-state index contributed by atoms with van der Waals surface area (Å²) in [5.41, 5.74) is 1.16. The second-order valence-electron chi connectivity index (χ2n) is 8.14. The van der Waals surface area contributed by atoms with Crippen LogP contribution in [0.15, 0.2) is 6.07 Å². The molecule has 5 nitrogen and oxygen atoms in total. The predicted molar refractivity (Wildman–Crippen MR) is 95.0 cm³/mol. The van der Waals surface area contributed by atoms with Gasteiger partial charge in [-0.25, -0.2) is 0 Å². The number of hydrogen-bond donors (Lipinski definition) is 2. The van der Waals surface area contributed by atoms with E-state index in [0.717, 1.165) is 24.4 Å². The molecule has 2 aliphatic heterocycles. The van der Waals surface area contributed by atoms with E-state index < -0.39 is 0 Å². The summed E-state index contributed by atoms with van der Waals surface area (Å²) in [6.45, 7) is 0. The van der Waals surface area contributed by atoms with Crippen molar-refractivity contribution in [1.82, 2.24) is 15.1 Å². The second-order valence-corrected chi connectivity index (χ2v) is 8.14. The van der Waals surface area contributed by atoms with Crippen molar-refractivity contribution < 1.29 is 4.79 Å². The number of hydrogen-bond acceptors (Lipinski definition) is 3. The fourth-order valence-corrected chi connectivity index (χ4v) is 5.00. The van der Waals surface area contributed by atoms with Crippen molar-refractivity contribution in [2.75, 3.05) is 5.32 Å². The van der Waals surface area contributed by atoms with E-state index in [-0.39, 0.29) is 5.91 Å². The summed E-state index contributed by atoms with van der Waals surface area (Å²) in [7, 11) is 1.94. The van der Waals surface area contributed by atoms with Crippen LogP contribution in [0, 0.1) is 5.92 Å². The maximum absolute atomic E-state index is 12.5. The van der Waals surface area contributed by atoms with E-state index in [1.807, 2.05) is 11.7 Å². The number of aromatic nitrogens is 2. The molecule has 0 aromatic carbocycles.